The van der Waals surface area contributed by atoms with Crippen molar-refractivity contribution < 1.29 is 13.9 Å². The molecule has 0 saturated carbocycles. The Kier molecular flexibility index (Phi) is 7.32. The van der Waals surface area contributed by atoms with E-state index in [0.717, 1.165) is 12.0 Å². The van der Waals surface area contributed by atoms with Gasteiger partial charge in [0.1, 0.15) is 5.82 Å². The van der Waals surface area contributed by atoms with Crippen molar-refractivity contribution in [1.82, 2.24) is 4.90 Å². The summed E-state index contributed by atoms with van der Waals surface area (Å²) in [6.07, 6.45) is 1.35. The van der Waals surface area contributed by atoms with Crippen LogP contribution in [0, 0.1) is 5.82 Å². The summed E-state index contributed by atoms with van der Waals surface area (Å²) in [5, 5.41) is 0. The maximum atomic E-state index is 13.0. The largest absolute Gasteiger partial charge is 0.385 e. The predicted molar refractivity (Wildman–Crippen MR) is 81.3 cm³/mol. The quantitative estimate of drug-likeness (QED) is 0.750. The number of ether oxygens (including phenoxy) is 1. The van der Waals surface area contributed by atoms with Crippen molar-refractivity contribution in [3.63, 3.8) is 0 Å². The molecule has 4 nitrogen and oxygen atoms in total. The number of hydrogen-bond donors (Lipinski definition) is 1. The van der Waals surface area contributed by atoms with Gasteiger partial charge in [0.15, 0.2) is 0 Å². The summed E-state index contributed by atoms with van der Waals surface area (Å²) in [5.74, 6) is -0.359. The van der Waals surface area contributed by atoms with Gasteiger partial charge in [-0.1, -0.05) is 12.1 Å². The average Bonchev–Trinajstić information content (AvgIpc) is 2.48. The zero-order chi connectivity index (χ0) is 15.8. The van der Waals surface area contributed by atoms with Gasteiger partial charge in [-0.25, -0.2) is 4.39 Å². The Morgan fingerprint density at radius 3 is 2.52 bits per heavy atom. The molecule has 2 N–H and O–H groups in total. The Morgan fingerprint density at radius 2 is 2.00 bits per heavy atom. The first kappa shape index (κ1) is 17.6. The monoisotopic (exact) mass is 296 g/mol. The molecule has 5 heteroatoms. The van der Waals surface area contributed by atoms with Crippen molar-refractivity contribution in [3.05, 3.63) is 35.6 Å². The molecule has 0 saturated heterocycles. The lowest BCUT2D eigenvalue weighted by atomic mass is 10.0. The van der Waals surface area contributed by atoms with E-state index in [0.29, 0.717) is 19.6 Å². The standard InChI is InChI=1S/C16H25FN2O2/c1-4-19(16(20)15(18)6-5-11-21-3)12(2)13-7-9-14(17)10-8-13/h7-10,12,15H,4-6,11,18H2,1-3H3. The maximum absolute atomic E-state index is 13.0. The highest BCUT2D eigenvalue weighted by Crippen LogP contribution is 2.21. The van der Waals surface area contributed by atoms with Crippen LogP contribution in [0.15, 0.2) is 24.3 Å². The molecule has 1 amide bonds. The first-order valence-corrected chi connectivity index (χ1v) is 7.31. The van der Waals surface area contributed by atoms with E-state index in [2.05, 4.69) is 0 Å². The molecular weight excluding hydrogens is 271 g/mol. The molecular formula is C16H25FN2O2. The normalized spacial score (nSPS) is 13.8. The summed E-state index contributed by atoms with van der Waals surface area (Å²) in [5.41, 5.74) is 6.87. The first-order valence-electron chi connectivity index (χ1n) is 7.31. The smallest absolute Gasteiger partial charge is 0.239 e. The zero-order valence-corrected chi connectivity index (χ0v) is 13.0. The fourth-order valence-electron chi connectivity index (χ4n) is 2.33. The molecule has 0 aliphatic carbocycles. The van der Waals surface area contributed by atoms with Crippen LogP contribution < -0.4 is 5.73 Å². The second kappa shape index (κ2) is 8.74. The Bertz CT molecular complexity index is 436. The third-order valence-corrected chi connectivity index (χ3v) is 3.62. The number of amides is 1. The van der Waals surface area contributed by atoms with Crippen LogP contribution in [0.2, 0.25) is 0 Å². The number of nitrogens with two attached hydrogens (primary N) is 1. The van der Waals surface area contributed by atoms with Crippen molar-refractivity contribution in [3.8, 4) is 0 Å². The Morgan fingerprint density at radius 1 is 1.38 bits per heavy atom. The molecule has 2 unspecified atom stereocenters. The van der Waals surface area contributed by atoms with E-state index < -0.39 is 6.04 Å². The van der Waals surface area contributed by atoms with Gasteiger partial charge < -0.3 is 15.4 Å². The molecule has 1 aromatic carbocycles. The van der Waals surface area contributed by atoms with Crippen molar-refractivity contribution in [2.75, 3.05) is 20.3 Å². The van der Waals surface area contributed by atoms with E-state index in [9.17, 15) is 9.18 Å². The fourth-order valence-corrected chi connectivity index (χ4v) is 2.33. The van der Waals surface area contributed by atoms with Crippen LogP contribution in [-0.4, -0.2) is 37.1 Å². The minimum atomic E-state index is -0.525. The Balaban J connectivity index is 2.71. The van der Waals surface area contributed by atoms with Crippen LogP contribution in [0.5, 0.6) is 0 Å². The lowest BCUT2D eigenvalue weighted by Crippen LogP contribution is -2.44. The number of carbonyl (C=O) groups is 1. The predicted octanol–water partition coefficient (Wildman–Crippen LogP) is 2.49. The van der Waals surface area contributed by atoms with Crippen LogP contribution in [0.25, 0.3) is 0 Å². The molecule has 0 aliphatic heterocycles. The van der Waals surface area contributed by atoms with Crippen molar-refractivity contribution in [2.24, 2.45) is 5.73 Å². The Labute approximate surface area is 126 Å². The Hall–Kier alpha value is -1.46. The van der Waals surface area contributed by atoms with Crippen molar-refractivity contribution in [1.29, 1.82) is 0 Å². The van der Waals surface area contributed by atoms with Gasteiger partial charge >= 0.3 is 0 Å². The molecule has 0 fully saturated rings. The van der Waals surface area contributed by atoms with Crippen LogP contribution in [-0.2, 0) is 9.53 Å². The second-order valence-electron chi connectivity index (χ2n) is 5.09. The van der Waals surface area contributed by atoms with Gasteiger partial charge in [-0.2, -0.15) is 0 Å². The summed E-state index contributed by atoms with van der Waals surface area (Å²) < 4.78 is 18.0. The van der Waals surface area contributed by atoms with E-state index in [1.807, 2.05) is 13.8 Å². The molecule has 2 atom stereocenters. The van der Waals surface area contributed by atoms with Gasteiger partial charge in [0.25, 0.3) is 0 Å². The van der Waals surface area contributed by atoms with Gasteiger partial charge in [0.05, 0.1) is 12.1 Å². The lowest BCUT2D eigenvalue weighted by molar-refractivity contribution is -0.134. The van der Waals surface area contributed by atoms with Gasteiger partial charge in [0.2, 0.25) is 5.91 Å². The molecule has 1 aromatic rings. The van der Waals surface area contributed by atoms with E-state index >= 15 is 0 Å². The highest BCUT2D eigenvalue weighted by atomic mass is 19.1. The molecule has 0 radical (unpaired) electrons. The molecule has 21 heavy (non-hydrogen) atoms. The molecule has 118 valence electrons. The summed E-state index contributed by atoms with van der Waals surface area (Å²) in [6.45, 7) is 5.01. The third-order valence-electron chi connectivity index (χ3n) is 3.62. The minimum Gasteiger partial charge on any atom is -0.385 e. The second-order valence-corrected chi connectivity index (χ2v) is 5.09. The number of methoxy groups -OCH3 is 1. The number of nitrogens with zero attached hydrogens (tertiary/aromatic N) is 1. The highest BCUT2D eigenvalue weighted by Gasteiger charge is 2.24. The summed E-state index contributed by atoms with van der Waals surface area (Å²) in [6, 6.07) is 5.56. The van der Waals surface area contributed by atoms with Gasteiger partial charge in [-0.15, -0.1) is 0 Å². The van der Waals surface area contributed by atoms with E-state index in [4.69, 9.17) is 10.5 Å². The molecule has 0 bridgehead atoms. The number of rotatable bonds is 8. The number of benzene rings is 1. The van der Waals surface area contributed by atoms with Crippen LogP contribution in [0.3, 0.4) is 0 Å². The molecule has 0 aromatic heterocycles. The molecule has 0 aliphatic rings. The minimum absolute atomic E-state index is 0.0783. The highest BCUT2D eigenvalue weighted by molar-refractivity contribution is 5.82. The fraction of sp³-hybridized carbons (Fsp3) is 0.562. The SMILES string of the molecule is CCN(C(=O)C(N)CCCOC)C(C)c1ccc(F)cc1. The third kappa shape index (κ3) is 5.10. The van der Waals surface area contributed by atoms with E-state index in [-0.39, 0.29) is 17.8 Å². The lowest BCUT2D eigenvalue weighted by Gasteiger charge is -2.30. The maximum Gasteiger partial charge on any atom is 0.239 e. The molecule has 0 spiro atoms. The summed E-state index contributed by atoms with van der Waals surface area (Å²) >= 11 is 0. The van der Waals surface area contributed by atoms with Crippen LogP contribution in [0.1, 0.15) is 38.3 Å². The number of halogens is 1. The van der Waals surface area contributed by atoms with Gasteiger partial charge in [0, 0.05) is 20.3 Å². The number of likely N-dealkylation sites (N-methyl/N-ethyl adjacent to an activating group) is 1. The summed E-state index contributed by atoms with van der Waals surface area (Å²) in [4.78, 5) is 14.2. The summed E-state index contributed by atoms with van der Waals surface area (Å²) in [7, 11) is 1.63. The first-order chi connectivity index (χ1) is 10.0. The zero-order valence-electron chi connectivity index (χ0n) is 13.0. The molecule has 0 heterocycles. The van der Waals surface area contributed by atoms with Gasteiger partial charge in [-0.3, -0.25) is 4.79 Å². The van der Waals surface area contributed by atoms with Crippen molar-refractivity contribution >= 4 is 5.91 Å². The molecule has 1 rings (SSSR count). The average molecular weight is 296 g/mol. The van der Waals surface area contributed by atoms with Crippen LogP contribution in [0.4, 0.5) is 4.39 Å². The van der Waals surface area contributed by atoms with E-state index in [1.165, 1.54) is 12.1 Å². The van der Waals surface area contributed by atoms with E-state index in [1.54, 1.807) is 24.1 Å². The van der Waals surface area contributed by atoms with Crippen molar-refractivity contribution in [2.45, 2.75) is 38.8 Å². The van der Waals surface area contributed by atoms with Crippen LogP contribution >= 0.6 is 0 Å². The number of hydrogen-bond acceptors (Lipinski definition) is 3. The topological polar surface area (TPSA) is 55.6 Å². The van der Waals surface area contributed by atoms with Gasteiger partial charge in [-0.05, 0) is 44.4 Å². The number of carbonyl (C=O) groups excluding carboxylic acids is 1.